The zero-order valence-electron chi connectivity index (χ0n) is 17.2. The molecule has 2 aromatic carbocycles. The van der Waals surface area contributed by atoms with Crippen molar-refractivity contribution in [1.29, 1.82) is 0 Å². The maximum Gasteiger partial charge on any atom is 0.262 e. The number of halogens is 1. The molecule has 1 aliphatic rings. The lowest BCUT2D eigenvalue weighted by atomic mass is 10.1. The Bertz CT molecular complexity index is 1300. The van der Waals surface area contributed by atoms with Crippen molar-refractivity contribution in [3.05, 3.63) is 89.2 Å². The lowest BCUT2D eigenvalue weighted by Crippen LogP contribution is -2.21. The van der Waals surface area contributed by atoms with E-state index in [1.54, 1.807) is 48.8 Å². The molecule has 4 aromatic rings. The average Bonchev–Trinajstić information content (AvgIpc) is 3.20. The van der Waals surface area contributed by atoms with Crippen LogP contribution < -0.4 is 15.2 Å². The molecule has 1 fully saturated rings. The van der Waals surface area contributed by atoms with Gasteiger partial charge in [-0.2, -0.15) is 0 Å². The summed E-state index contributed by atoms with van der Waals surface area (Å²) in [5.41, 5.74) is 0.899. The van der Waals surface area contributed by atoms with Crippen LogP contribution in [0, 0.1) is 11.7 Å². The number of hydrogen-bond acceptors (Lipinski definition) is 4. The van der Waals surface area contributed by atoms with Gasteiger partial charge in [0.15, 0.2) is 0 Å². The Morgan fingerprint density at radius 2 is 2.00 bits per heavy atom. The van der Waals surface area contributed by atoms with Crippen LogP contribution >= 0.6 is 0 Å². The van der Waals surface area contributed by atoms with Gasteiger partial charge in [-0.25, -0.2) is 9.37 Å². The highest BCUT2D eigenvalue weighted by Crippen LogP contribution is 2.28. The minimum atomic E-state index is -0.308. The number of aromatic nitrogens is 2. The van der Waals surface area contributed by atoms with E-state index in [1.165, 1.54) is 10.6 Å². The summed E-state index contributed by atoms with van der Waals surface area (Å²) in [4.78, 5) is 19.3. The highest BCUT2D eigenvalue weighted by atomic mass is 19.1. The van der Waals surface area contributed by atoms with Crippen LogP contribution in [0.3, 0.4) is 0 Å². The molecule has 1 atom stereocenters. The summed E-state index contributed by atoms with van der Waals surface area (Å²) < 4.78 is 22.1. The van der Waals surface area contributed by atoms with Crippen LogP contribution in [-0.2, 0) is 0 Å². The molecule has 2 aromatic heterocycles. The second-order valence-corrected chi connectivity index (χ2v) is 7.99. The first kappa shape index (κ1) is 19.3. The first-order valence-corrected chi connectivity index (χ1v) is 10.4. The van der Waals surface area contributed by atoms with Crippen molar-refractivity contribution < 1.29 is 9.13 Å². The molecule has 0 saturated carbocycles. The van der Waals surface area contributed by atoms with E-state index >= 15 is 0 Å². The first-order valence-electron chi connectivity index (χ1n) is 10.4. The molecule has 1 aliphatic heterocycles. The van der Waals surface area contributed by atoms with Gasteiger partial charge in [-0.3, -0.25) is 9.36 Å². The fourth-order valence-electron chi connectivity index (χ4n) is 4.08. The van der Waals surface area contributed by atoms with Crippen LogP contribution in [-0.4, -0.2) is 22.6 Å². The minimum Gasteiger partial charge on any atom is -0.439 e. The number of nitrogens with zero attached hydrogens (tertiary/aromatic N) is 3. The standard InChI is InChI=1S/C25H22FN3O2/c1-17-9-12-28(16-17)23-8-5-19(15-22(23)26)29-13-10-18-14-20(6-7-21(18)25(29)30)31-24-4-2-3-11-27-24/h2-8,10-11,13-15,17H,9,12,16H2,1H3. The van der Waals surface area contributed by atoms with Crippen molar-refractivity contribution >= 4 is 16.5 Å². The van der Waals surface area contributed by atoms with Crippen molar-refractivity contribution in [3.8, 4) is 17.3 Å². The molecule has 156 valence electrons. The molecule has 0 spiro atoms. The summed E-state index contributed by atoms with van der Waals surface area (Å²) in [6.45, 7) is 3.89. The maximum atomic E-state index is 14.8. The van der Waals surface area contributed by atoms with Gasteiger partial charge in [0.1, 0.15) is 11.6 Å². The molecule has 0 aliphatic carbocycles. The van der Waals surface area contributed by atoms with Crippen molar-refractivity contribution in [3.63, 3.8) is 0 Å². The largest absolute Gasteiger partial charge is 0.439 e. The van der Waals surface area contributed by atoms with Crippen LogP contribution in [0.2, 0.25) is 0 Å². The van der Waals surface area contributed by atoms with Gasteiger partial charge in [0.25, 0.3) is 5.56 Å². The molecule has 3 heterocycles. The molecule has 0 amide bonds. The Labute approximate surface area is 179 Å². The van der Waals surface area contributed by atoms with Crippen LogP contribution in [0.5, 0.6) is 11.6 Å². The number of pyridine rings is 2. The second-order valence-electron chi connectivity index (χ2n) is 7.99. The van der Waals surface area contributed by atoms with Crippen LogP contribution in [0.25, 0.3) is 16.5 Å². The fourth-order valence-corrected chi connectivity index (χ4v) is 4.08. The molecule has 6 heteroatoms. The topological polar surface area (TPSA) is 47.4 Å². The predicted molar refractivity (Wildman–Crippen MR) is 120 cm³/mol. The van der Waals surface area contributed by atoms with Crippen LogP contribution in [0.4, 0.5) is 10.1 Å². The number of rotatable bonds is 4. The summed E-state index contributed by atoms with van der Waals surface area (Å²) in [5, 5.41) is 1.28. The number of ether oxygens (including phenoxy) is 1. The maximum absolute atomic E-state index is 14.8. The predicted octanol–water partition coefficient (Wildman–Crippen LogP) is 5.16. The molecular weight excluding hydrogens is 393 g/mol. The summed E-state index contributed by atoms with van der Waals surface area (Å²) in [7, 11) is 0. The van der Waals surface area contributed by atoms with E-state index in [4.69, 9.17) is 4.74 Å². The number of anilines is 1. The highest BCUT2D eigenvalue weighted by molar-refractivity contribution is 5.83. The molecule has 31 heavy (non-hydrogen) atoms. The summed E-state index contributed by atoms with van der Waals surface area (Å²) in [6.07, 6.45) is 4.39. The van der Waals surface area contributed by atoms with E-state index in [-0.39, 0.29) is 11.4 Å². The van der Waals surface area contributed by atoms with Crippen molar-refractivity contribution in [2.75, 3.05) is 18.0 Å². The molecule has 5 rings (SSSR count). The monoisotopic (exact) mass is 415 g/mol. The van der Waals surface area contributed by atoms with Gasteiger partial charge in [0, 0.05) is 43.0 Å². The van der Waals surface area contributed by atoms with Crippen molar-refractivity contribution in [2.24, 2.45) is 5.92 Å². The van der Waals surface area contributed by atoms with Gasteiger partial charge in [-0.1, -0.05) is 13.0 Å². The normalized spacial score (nSPS) is 16.1. The number of hydrogen-bond donors (Lipinski definition) is 0. The Morgan fingerprint density at radius 1 is 1.10 bits per heavy atom. The van der Waals surface area contributed by atoms with Gasteiger partial charge in [0.05, 0.1) is 11.4 Å². The zero-order valence-corrected chi connectivity index (χ0v) is 17.2. The Kier molecular flexibility index (Phi) is 4.90. The molecule has 1 unspecified atom stereocenters. The van der Waals surface area contributed by atoms with E-state index < -0.39 is 0 Å². The number of fused-ring (bicyclic) bond motifs is 1. The second kappa shape index (κ2) is 7.87. The van der Waals surface area contributed by atoms with Gasteiger partial charge in [-0.15, -0.1) is 0 Å². The molecule has 5 nitrogen and oxygen atoms in total. The van der Waals surface area contributed by atoms with E-state index in [9.17, 15) is 9.18 Å². The lowest BCUT2D eigenvalue weighted by molar-refractivity contribution is 0.463. The number of benzene rings is 2. The lowest BCUT2D eigenvalue weighted by Gasteiger charge is -2.19. The van der Waals surface area contributed by atoms with E-state index in [2.05, 4.69) is 16.8 Å². The Hall–Kier alpha value is -3.67. The summed E-state index contributed by atoms with van der Waals surface area (Å²) >= 11 is 0. The fraction of sp³-hybridized carbons (Fsp3) is 0.200. The SMILES string of the molecule is CC1CCN(c2ccc(-n3ccc4cc(Oc5ccccn5)ccc4c3=O)cc2F)C1. The quantitative estimate of drug-likeness (QED) is 0.462. The van der Waals surface area contributed by atoms with Gasteiger partial charge in [-0.05, 0) is 60.2 Å². The Morgan fingerprint density at radius 3 is 2.74 bits per heavy atom. The molecule has 0 radical (unpaired) electrons. The van der Waals surface area contributed by atoms with Crippen molar-refractivity contribution in [2.45, 2.75) is 13.3 Å². The smallest absolute Gasteiger partial charge is 0.262 e. The zero-order chi connectivity index (χ0) is 21.4. The van der Waals surface area contributed by atoms with Gasteiger partial charge >= 0.3 is 0 Å². The molecule has 0 bridgehead atoms. The van der Waals surface area contributed by atoms with Crippen molar-refractivity contribution in [1.82, 2.24) is 9.55 Å². The third-order valence-electron chi connectivity index (χ3n) is 5.71. The van der Waals surface area contributed by atoms with Crippen LogP contribution in [0.1, 0.15) is 13.3 Å². The minimum absolute atomic E-state index is 0.205. The summed E-state index contributed by atoms with van der Waals surface area (Å²) in [6, 6.07) is 17.5. The van der Waals surface area contributed by atoms with Crippen LogP contribution in [0.15, 0.2) is 77.9 Å². The Balaban J connectivity index is 1.46. The van der Waals surface area contributed by atoms with E-state index in [0.29, 0.717) is 34.3 Å². The average molecular weight is 415 g/mol. The third kappa shape index (κ3) is 3.77. The first-order chi connectivity index (χ1) is 15.1. The van der Waals surface area contributed by atoms with E-state index in [1.807, 2.05) is 18.2 Å². The highest BCUT2D eigenvalue weighted by Gasteiger charge is 2.21. The van der Waals surface area contributed by atoms with Gasteiger partial charge < -0.3 is 9.64 Å². The summed E-state index contributed by atoms with van der Waals surface area (Å²) in [5.74, 6) is 1.34. The molecule has 0 N–H and O–H groups in total. The molecular formula is C25H22FN3O2. The van der Waals surface area contributed by atoms with E-state index in [0.717, 1.165) is 24.9 Å². The molecule has 1 saturated heterocycles. The third-order valence-corrected chi connectivity index (χ3v) is 5.71. The van der Waals surface area contributed by atoms with Gasteiger partial charge in [0.2, 0.25) is 5.88 Å².